The lowest BCUT2D eigenvalue weighted by Gasteiger charge is -2.17. The molecule has 82 valence electrons. The molecule has 0 bridgehead atoms. The van der Waals surface area contributed by atoms with E-state index < -0.39 is 11.5 Å². The van der Waals surface area contributed by atoms with E-state index in [2.05, 4.69) is 15.0 Å². The molecule has 1 aromatic heterocycles. The van der Waals surface area contributed by atoms with Crippen molar-refractivity contribution in [1.29, 1.82) is 0 Å². The molecule has 1 atom stereocenters. The van der Waals surface area contributed by atoms with Gasteiger partial charge in [-0.25, -0.2) is 0 Å². The molecule has 0 spiro atoms. The SMILES string of the molecule is Cc1ccc2c(n1)C(N=[N+]=[N-])(C(=O)O)CC2. The molecule has 0 aromatic carbocycles. The highest BCUT2D eigenvalue weighted by molar-refractivity contribution is 5.82. The van der Waals surface area contributed by atoms with Gasteiger partial charge in [-0.3, -0.25) is 9.78 Å². The van der Waals surface area contributed by atoms with Gasteiger partial charge in [-0.2, -0.15) is 0 Å². The monoisotopic (exact) mass is 218 g/mol. The second-order valence-electron chi connectivity index (χ2n) is 3.82. The molecule has 16 heavy (non-hydrogen) atoms. The second kappa shape index (κ2) is 3.50. The first-order chi connectivity index (χ1) is 7.60. The first-order valence-corrected chi connectivity index (χ1v) is 4.87. The van der Waals surface area contributed by atoms with Gasteiger partial charge in [-0.05, 0) is 36.9 Å². The standard InChI is InChI=1S/C10H10N4O2/c1-6-2-3-7-4-5-10(9(15)16,13-14-11)8(7)12-6/h2-3H,4-5H2,1H3,(H,15,16). The molecule has 0 radical (unpaired) electrons. The predicted octanol–water partition coefficient (Wildman–Crippen LogP) is 1.93. The Kier molecular flexibility index (Phi) is 2.29. The zero-order chi connectivity index (χ0) is 11.8. The van der Waals surface area contributed by atoms with Crippen molar-refractivity contribution in [1.82, 2.24) is 4.98 Å². The number of pyridine rings is 1. The minimum absolute atomic E-state index is 0.276. The summed E-state index contributed by atoms with van der Waals surface area (Å²) < 4.78 is 0. The Labute approximate surface area is 91.6 Å². The number of carbonyl (C=O) groups is 1. The second-order valence-corrected chi connectivity index (χ2v) is 3.82. The molecule has 1 aromatic rings. The third kappa shape index (κ3) is 1.31. The van der Waals surface area contributed by atoms with Gasteiger partial charge in [-0.15, -0.1) is 0 Å². The molecule has 0 saturated carbocycles. The van der Waals surface area contributed by atoms with Crippen molar-refractivity contribution in [3.63, 3.8) is 0 Å². The van der Waals surface area contributed by atoms with Crippen molar-refractivity contribution in [2.24, 2.45) is 5.11 Å². The summed E-state index contributed by atoms with van der Waals surface area (Å²) in [5, 5.41) is 12.7. The molecule has 6 nitrogen and oxygen atoms in total. The van der Waals surface area contributed by atoms with Crippen molar-refractivity contribution in [2.45, 2.75) is 25.3 Å². The van der Waals surface area contributed by atoms with E-state index in [4.69, 9.17) is 5.53 Å². The molecular formula is C10H10N4O2. The van der Waals surface area contributed by atoms with Gasteiger partial charge in [-0.1, -0.05) is 11.2 Å². The molecule has 2 rings (SSSR count). The summed E-state index contributed by atoms with van der Waals surface area (Å²) in [4.78, 5) is 18.1. The van der Waals surface area contributed by atoms with E-state index in [1.165, 1.54) is 0 Å². The van der Waals surface area contributed by atoms with Crippen molar-refractivity contribution >= 4 is 5.97 Å². The summed E-state index contributed by atoms with van der Waals surface area (Å²) in [5.74, 6) is -1.14. The number of aryl methyl sites for hydroxylation is 2. The minimum Gasteiger partial charge on any atom is -0.480 e. The largest absolute Gasteiger partial charge is 0.480 e. The fourth-order valence-electron chi connectivity index (χ4n) is 2.00. The van der Waals surface area contributed by atoms with Gasteiger partial charge >= 0.3 is 5.97 Å². The first kappa shape index (κ1) is 10.4. The van der Waals surface area contributed by atoms with Crippen LogP contribution in [0.5, 0.6) is 0 Å². The molecule has 6 heteroatoms. The average Bonchev–Trinajstić information content (AvgIpc) is 2.59. The normalized spacial score (nSPS) is 22.3. The van der Waals surface area contributed by atoms with Crippen LogP contribution in [0.1, 0.15) is 23.4 Å². The van der Waals surface area contributed by atoms with Crippen molar-refractivity contribution in [3.05, 3.63) is 39.5 Å². The Balaban J connectivity index is 2.67. The summed E-state index contributed by atoms with van der Waals surface area (Å²) in [7, 11) is 0. The lowest BCUT2D eigenvalue weighted by molar-refractivity contribution is -0.143. The zero-order valence-corrected chi connectivity index (χ0v) is 8.71. The molecule has 1 aliphatic rings. The van der Waals surface area contributed by atoms with Gasteiger partial charge in [0.15, 0.2) is 5.54 Å². The Morgan fingerprint density at radius 2 is 2.44 bits per heavy atom. The number of aliphatic carboxylic acids is 1. The topological polar surface area (TPSA) is 99.0 Å². The predicted molar refractivity (Wildman–Crippen MR) is 55.8 cm³/mol. The average molecular weight is 218 g/mol. The van der Waals surface area contributed by atoms with Crippen LogP contribution in [0.25, 0.3) is 10.4 Å². The van der Waals surface area contributed by atoms with Gasteiger partial charge in [0.1, 0.15) is 0 Å². The van der Waals surface area contributed by atoms with E-state index in [0.717, 1.165) is 11.3 Å². The molecule has 1 heterocycles. The number of hydrogen-bond donors (Lipinski definition) is 1. The third-order valence-electron chi connectivity index (χ3n) is 2.84. The highest BCUT2D eigenvalue weighted by Crippen LogP contribution is 2.39. The van der Waals surface area contributed by atoms with Gasteiger partial charge in [0.05, 0.1) is 5.69 Å². The van der Waals surface area contributed by atoms with E-state index in [-0.39, 0.29) is 6.42 Å². The summed E-state index contributed by atoms with van der Waals surface area (Å²) in [6.07, 6.45) is 0.853. The summed E-state index contributed by atoms with van der Waals surface area (Å²) in [6, 6.07) is 3.67. The lowest BCUT2D eigenvalue weighted by atomic mass is 9.98. The first-order valence-electron chi connectivity index (χ1n) is 4.87. The molecule has 0 amide bonds. The van der Waals surface area contributed by atoms with Crippen molar-refractivity contribution in [2.75, 3.05) is 0 Å². The molecule has 0 aliphatic heterocycles. The number of carboxylic acids is 1. The van der Waals surface area contributed by atoms with E-state index in [9.17, 15) is 9.90 Å². The van der Waals surface area contributed by atoms with Crippen LogP contribution in [0, 0.1) is 6.92 Å². The number of azide groups is 1. The van der Waals surface area contributed by atoms with E-state index in [1.54, 1.807) is 6.92 Å². The van der Waals surface area contributed by atoms with E-state index >= 15 is 0 Å². The van der Waals surface area contributed by atoms with Crippen LogP contribution < -0.4 is 0 Å². The van der Waals surface area contributed by atoms with Gasteiger partial charge in [0.25, 0.3) is 0 Å². The molecule has 0 saturated heterocycles. The number of hydrogen-bond acceptors (Lipinski definition) is 3. The maximum Gasteiger partial charge on any atom is 0.321 e. The highest BCUT2D eigenvalue weighted by Gasteiger charge is 2.46. The van der Waals surface area contributed by atoms with Crippen molar-refractivity contribution < 1.29 is 9.90 Å². The molecule has 0 fully saturated rings. The van der Waals surface area contributed by atoms with Crippen LogP contribution in [0.2, 0.25) is 0 Å². The number of nitrogens with zero attached hydrogens (tertiary/aromatic N) is 4. The zero-order valence-electron chi connectivity index (χ0n) is 8.71. The Morgan fingerprint density at radius 1 is 1.69 bits per heavy atom. The number of carboxylic acid groups (broad SMARTS) is 1. The van der Waals surface area contributed by atoms with Crippen LogP contribution in [-0.4, -0.2) is 16.1 Å². The third-order valence-corrected chi connectivity index (χ3v) is 2.84. The lowest BCUT2D eigenvalue weighted by Crippen LogP contribution is -2.31. The van der Waals surface area contributed by atoms with Gasteiger partial charge < -0.3 is 5.11 Å². The van der Waals surface area contributed by atoms with Crippen LogP contribution >= 0.6 is 0 Å². The summed E-state index contributed by atoms with van der Waals surface area (Å²) in [6.45, 7) is 1.78. The summed E-state index contributed by atoms with van der Waals surface area (Å²) >= 11 is 0. The van der Waals surface area contributed by atoms with E-state index in [1.807, 2.05) is 12.1 Å². The quantitative estimate of drug-likeness (QED) is 0.466. The molecule has 1 aliphatic carbocycles. The Morgan fingerprint density at radius 3 is 3.06 bits per heavy atom. The van der Waals surface area contributed by atoms with Gasteiger partial charge in [0.2, 0.25) is 0 Å². The fourth-order valence-corrected chi connectivity index (χ4v) is 2.00. The van der Waals surface area contributed by atoms with Crippen LogP contribution in [0.4, 0.5) is 0 Å². The Bertz CT molecular complexity index is 504. The van der Waals surface area contributed by atoms with E-state index in [0.29, 0.717) is 12.1 Å². The number of rotatable bonds is 2. The molecule has 1 N–H and O–H groups in total. The number of aromatic nitrogens is 1. The smallest absolute Gasteiger partial charge is 0.321 e. The molecular weight excluding hydrogens is 208 g/mol. The van der Waals surface area contributed by atoms with Gasteiger partial charge in [0, 0.05) is 10.6 Å². The minimum atomic E-state index is -1.52. The van der Waals surface area contributed by atoms with Crippen LogP contribution in [-0.2, 0) is 16.8 Å². The summed E-state index contributed by atoms with van der Waals surface area (Å²) in [5.41, 5.74) is 8.94. The fraction of sp³-hybridized carbons (Fsp3) is 0.400. The van der Waals surface area contributed by atoms with Crippen molar-refractivity contribution in [3.8, 4) is 0 Å². The van der Waals surface area contributed by atoms with Crippen LogP contribution in [0.15, 0.2) is 17.2 Å². The van der Waals surface area contributed by atoms with Crippen LogP contribution in [0.3, 0.4) is 0 Å². The Hall–Kier alpha value is -2.07. The maximum absolute atomic E-state index is 11.3. The maximum atomic E-state index is 11.3. The number of fused-ring (bicyclic) bond motifs is 1. The molecule has 1 unspecified atom stereocenters. The highest BCUT2D eigenvalue weighted by atomic mass is 16.4.